The van der Waals surface area contributed by atoms with E-state index in [-0.39, 0.29) is 0 Å². The predicted molar refractivity (Wildman–Crippen MR) is 76.8 cm³/mol. The molecule has 0 saturated heterocycles. The van der Waals surface area contributed by atoms with Gasteiger partial charge in [-0.1, -0.05) is 44.2 Å². The molecule has 0 radical (unpaired) electrons. The van der Waals surface area contributed by atoms with Crippen LogP contribution >= 0.6 is 0 Å². The van der Waals surface area contributed by atoms with Crippen LogP contribution in [0.15, 0.2) is 36.4 Å². The Kier molecular flexibility index (Phi) is 3.87. The zero-order valence-corrected chi connectivity index (χ0v) is 11.3. The van der Waals surface area contributed by atoms with E-state index in [1.54, 1.807) is 6.07 Å². The molecule has 0 aliphatic heterocycles. The van der Waals surface area contributed by atoms with Crippen molar-refractivity contribution < 1.29 is 5.11 Å². The molecule has 2 N–H and O–H groups in total. The third-order valence-electron chi connectivity index (χ3n) is 3.62. The minimum Gasteiger partial charge on any atom is -0.508 e. The van der Waals surface area contributed by atoms with Crippen LogP contribution in [-0.4, -0.2) is 11.1 Å². The summed E-state index contributed by atoms with van der Waals surface area (Å²) in [6.07, 6.45) is 0. The van der Waals surface area contributed by atoms with Crippen molar-refractivity contribution >= 4 is 10.8 Å². The molecule has 0 heterocycles. The van der Waals surface area contributed by atoms with Crippen molar-refractivity contribution in [3.05, 3.63) is 42.0 Å². The first-order chi connectivity index (χ1) is 8.59. The maximum absolute atomic E-state index is 10.0. The van der Waals surface area contributed by atoms with Crippen molar-refractivity contribution in [3.8, 4) is 5.75 Å². The van der Waals surface area contributed by atoms with Gasteiger partial charge in [0.2, 0.25) is 0 Å². The molecule has 0 spiro atoms. The third kappa shape index (κ3) is 2.65. The molecule has 1 atom stereocenters. The Morgan fingerprint density at radius 1 is 1.06 bits per heavy atom. The average molecular weight is 243 g/mol. The number of nitrogens with one attached hydrogen (secondary N) is 1. The van der Waals surface area contributed by atoms with Crippen LogP contribution in [-0.2, 0) is 6.54 Å². The molecule has 0 aliphatic carbocycles. The second-order valence-corrected chi connectivity index (χ2v) is 5.20. The van der Waals surface area contributed by atoms with E-state index < -0.39 is 0 Å². The Bertz CT molecular complexity index is 534. The van der Waals surface area contributed by atoms with Crippen molar-refractivity contribution in [1.29, 1.82) is 0 Å². The van der Waals surface area contributed by atoms with E-state index in [4.69, 9.17) is 0 Å². The minimum absolute atomic E-state index is 0.372. The molecular weight excluding hydrogens is 222 g/mol. The van der Waals surface area contributed by atoms with Gasteiger partial charge < -0.3 is 10.4 Å². The molecule has 96 valence electrons. The van der Waals surface area contributed by atoms with Crippen LogP contribution in [0, 0.1) is 5.92 Å². The lowest BCUT2D eigenvalue weighted by atomic mass is 10.0. The van der Waals surface area contributed by atoms with Crippen molar-refractivity contribution in [1.82, 2.24) is 5.32 Å². The summed E-state index contributed by atoms with van der Waals surface area (Å²) in [4.78, 5) is 0. The summed E-state index contributed by atoms with van der Waals surface area (Å²) < 4.78 is 0. The van der Waals surface area contributed by atoms with E-state index in [9.17, 15) is 5.11 Å². The van der Waals surface area contributed by atoms with E-state index in [0.717, 1.165) is 10.9 Å². The molecular formula is C16H21NO. The molecule has 1 unspecified atom stereocenters. The summed E-state index contributed by atoms with van der Waals surface area (Å²) in [5.74, 6) is 0.958. The van der Waals surface area contributed by atoms with Crippen molar-refractivity contribution in [2.75, 3.05) is 0 Å². The van der Waals surface area contributed by atoms with Gasteiger partial charge in [-0.05, 0) is 29.7 Å². The summed E-state index contributed by atoms with van der Waals surface area (Å²) in [5.41, 5.74) is 0.987. The number of rotatable bonds is 4. The van der Waals surface area contributed by atoms with Gasteiger partial charge in [-0.25, -0.2) is 0 Å². The fourth-order valence-electron chi connectivity index (χ4n) is 2.01. The maximum Gasteiger partial charge on any atom is 0.120 e. The highest BCUT2D eigenvalue weighted by atomic mass is 16.3. The number of benzene rings is 2. The minimum atomic E-state index is 0.372. The largest absolute Gasteiger partial charge is 0.508 e. The molecule has 0 saturated carbocycles. The SMILES string of the molecule is CC(C)C(C)NCc1c(O)ccc2ccccc12. The number of phenols is 1. The molecule has 0 fully saturated rings. The molecule has 18 heavy (non-hydrogen) atoms. The molecule has 2 aromatic rings. The number of phenolic OH excluding ortho intramolecular Hbond substituents is 1. The topological polar surface area (TPSA) is 32.3 Å². The summed E-state index contributed by atoms with van der Waals surface area (Å²) in [6, 6.07) is 12.3. The monoisotopic (exact) mass is 243 g/mol. The standard InChI is InChI=1S/C16H21NO/c1-11(2)12(3)17-10-15-14-7-5-4-6-13(14)8-9-16(15)18/h4-9,11-12,17-18H,10H2,1-3H3. The van der Waals surface area contributed by atoms with Crippen LogP contribution in [0.4, 0.5) is 0 Å². The normalized spacial score (nSPS) is 13.1. The van der Waals surface area contributed by atoms with E-state index in [0.29, 0.717) is 24.3 Å². The van der Waals surface area contributed by atoms with Gasteiger partial charge in [-0.2, -0.15) is 0 Å². The van der Waals surface area contributed by atoms with Gasteiger partial charge in [-0.15, -0.1) is 0 Å². The van der Waals surface area contributed by atoms with E-state index in [2.05, 4.69) is 38.2 Å². The number of hydrogen-bond acceptors (Lipinski definition) is 2. The van der Waals surface area contributed by atoms with Gasteiger partial charge in [0.25, 0.3) is 0 Å². The zero-order chi connectivity index (χ0) is 13.1. The van der Waals surface area contributed by atoms with Crippen LogP contribution in [0.5, 0.6) is 5.75 Å². The van der Waals surface area contributed by atoms with Crippen molar-refractivity contribution in [2.45, 2.75) is 33.4 Å². The summed E-state index contributed by atoms with van der Waals surface area (Å²) in [5, 5.41) is 15.8. The lowest BCUT2D eigenvalue weighted by Gasteiger charge is -2.18. The first-order valence-corrected chi connectivity index (χ1v) is 6.52. The molecule has 0 aliphatic rings. The lowest BCUT2D eigenvalue weighted by molar-refractivity contribution is 0.417. The van der Waals surface area contributed by atoms with E-state index in [1.165, 1.54) is 5.39 Å². The summed E-state index contributed by atoms with van der Waals surface area (Å²) in [7, 11) is 0. The number of hydrogen-bond donors (Lipinski definition) is 2. The predicted octanol–water partition coefficient (Wildman–Crippen LogP) is 3.68. The summed E-state index contributed by atoms with van der Waals surface area (Å²) >= 11 is 0. The fraction of sp³-hybridized carbons (Fsp3) is 0.375. The third-order valence-corrected chi connectivity index (χ3v) is 3.62. The van der Waals surface area contributed by atoms with Crippen LogP contribution in [0.25, 0.3) is 10.8 Å². The Balaban J connectivity index is 2.29. The number of aromatic hydroxyl groups is 1. The van der Waals surface area contributed by atoms with Gasteiger partial charge >= 0.3 is 0 Å². The van der Waals surface area contributed by atoms with Gasteiger partial charge in [0.15, 0.2) is 0 Å². The average Bonchev–Trinajstić information content (AvgIpc) is 2.37. The van der Waals surface area contributed by atoms with Crippen LogP contribution in [0.1, 0.15) is 26.3 Å². The highest BCUT2D eigenvalue weighted by Crippen LogP contribution is 2.27. The zero-order valence-electron chi connectivity index (χ0n) is 11.3. The van der Waals surface area contributed by atoms with Crippen LogP contribution < -0.4 is 5.32 Å². The first kappa shape index (κ1) is 12.9. The van der Waals surface area contributed by atoms with Gasteiger partial charge in [0.1, 0.15) is 5.75 Å². The number of fused-ring (bicyclic) bond motifs is 1. The molecule has 2 aromatic carbocycles. The summed E-state index contributed by atoms with van der Waals surface area (Å²) in [6.45, 7) is 7.26. The van der Waals surface area contributed by atoms with Gasteiger partial charge in [0.05, 0.1) is 0 Å². The molecule has 0 aromatic heterocycles. The Labute approximate surface area is 109 Å². The van der Waals surface area contributed by atoms with Crippen LogP contribution in [0.3, 0.4) is 0 Å². The smallest absolute Gasteiger partial charge is 0.120 e. The van der Waals surface area contributed by atoms with Gasteiger partial charge in [-0.3, -0.25) is 0 Å². The molecule has 0 amide bonds. The Hall–Kier alpha value is -1.54. The molecule has 2 rings (SSSR count). The Morgan fingerprint density at radius 2 is 1.78 bits per heavy atom. The molecule has 0 bridgehead atoms. The highest BCUT2D eigenvalue weighted by Gasteiger charge is 2.10. The first-order valence-electron chi connectivity index (χ1n) is 6.52. The molecule has 2 nitrogen and oxygen atoms in total. The molecule has 2 heteroatoms. The maximum atomic E-state index is 10.0. The quantitative estimate of drug-likeness (QED) is 0.858. The van der Waals surface area contributed by atoms with Crippen molar-refractivity contribution in [2.24, 2.45) is 5.92 Å². The second-order valence-electron chi connectivity index (χ2n) is 5.20. The van der Waals surface area contributed by atoms with Crippen molar-refractivity contribution in [3.63, 3.8) is 0 Å². The second kappa shape index (κ2) is 5.40. The lowest BCUT2D eigenvalue weighted by Crippen LogP contribution is -2.30. The van der Waals surface area contributed by atoms with E-state index >= 15 is 0 Å². The highest BCUT2D eigenvalue weighted by molar-refractivity contribution is 5.87. The van der Waals surface area contributed by atoms with Crippen LogP contribution in [0.2, 0.25) is 0 Å². The Morgan fingerprint density at radius 3 is 2.50 bits per heavy atom. The fourth-order valence-corrected chi connectivity index (χ4v) is 2.01. The van der Waals surface area contributed by atoms with Gasteiger partial charge in [0, 0.05) is 18.2 Å². The van der Waals surface area contributed by atoms with E-state index in [1.807, 2.05) is 18.2 Å².